The van der Waals surface area contributed by atoms with E-state index in [0.29, 0.717) is 11.3 Å². The fourth-order valence-corrected chi connectivity index (χ4v) is 4.07. The molecular weight excluding hydrogens is 408 g/mol. The van der Waals surface area contributed by atoms with Crippen molar-refractivity contribution in [3.63, 3.8) is 0 Å². The molecule has 0 spiro atoms. The standard InChI is InChI=1S/C25H26N2O3S/c1-16-9-12-19(13-10-16)26-23(28)15-31-22-8-6-5-7-20(22)25(29)27-21-14-11-17(2)24(30-4)18(21)3/h5-14H,15H2,1-4H3,(H,26,28)(H,27,29). The summed E-state index contributed by atoms with van der Waals surface area (Å²) in [4.78, 5) is 26.1. The van der Waals surface area contributed by atoms with Crippen LogP contribution in [0, 0.1) is 20.8 Å². The Labute approximate surface area is 187 Å². The lowest BCUT2D eigenvalue weighted by Gasteiger charge is -2.15. The maximum Gasteiger partial charge on any atom is 0.256 e. The van der Waals surface area contributed by atoms with Crippen LogP contribution in [0.1, 0.15) is 27.0 Å². The molecule has 0 aromatic heterocycles. The van der Waals surface area contributed by atoms with Gasteiger partial charge in [-0.1, -0.05) is 35.9 Å². The maximum atomic E-state index is 13.0. The first-order valence-electron chi connectivity index (χ1n) is 9.93. The number of anilines is 2. The molecular formula is C25H26N2O3S. The van der Waals surface area contributed by atoms with Crippen LogP contribution < -0.4 is 15.4 Å². The van der Waals surface area contributed by atoms with E-state index in [1.807, 2.05) is 75.4 Å². The van der Waals surface area contributed by atoms with E-state index in [0.717, 1.165) is 33.0 Å². The molecule has 0 radical (unpaired) electrons. The number of carbonyl (C=O) groups is 2. The van der Waals surface area contributed by atoms with Crippen LogP contribution in [0.2, 0.25) is 0 Å². The zero-order chi connectivity index (χ0) is 22.4. The minimum absolute atomic E-state index is 0.122. The first-order chi connectivity index (χ1) is 14.9. The third-order valence-corrected chi connectivity index (χ3v) is 5.95. The normalized spacial score (nSPS) is 10.5. The first-order valence-corrected chi connectivity index (χ1v) is 10.9. The summed E-state index contributed by atoms with van der Waals surface area (Å²) in [7, 11) is 1.62. The van der Waals surface area contributed by atoms with Crippen molar-refractivity contribution < 1.29 is 14.3 Å². The molecule has 3 aromatic rings. The van der Waals surface area contributed by atoms with Crippen LogP contribution in [0.15, 0.2) is 65.6 Å². The van der Waals surface area contributed by atoms with E-state index >= 15 is 0 Å². The molecule has 0 atom stereocenters. The summed E-state index contributed by atoms with van der Waals surface area (Å²) >= 11 is 1.33. The van der Waals surface area contributed by atoms with Crippen LogP contribution in [-0.4, -0.2) is 24.7 Å². The average molecular weight is 435 g/mol. The van der Waals surface area contributed by atoms with Gasteiger partial charge in [-0.3, -0.25) is 9.59 Å². The number of rotatable bonds is 7. The number of benzene rings is 3. The van der Waals surface area contributed by atoms with Gasteiger partial charge in [-0.05, 0) is 56.7 Å². The van der Waals surface area contributed by atoms with Gasteiger partial charge in [0.1, 0.15) is 5.75 Å². The van der Waals surface area contributed by atoms with Crippen LogP contribution in [0.25, 0.3) is 0 Å². The van der Waals surface area contributed by atoms with Gasteiger partial charge in [0, 0.05) is 21.8 Å². The molecule has 2 amide bonds. The number of ether oxygens (including phenoxy) is 1. The van der Waals surface area contributed by atoms with Gasteiger partial charge in [-0.15, -0.1) is 11.8 Å². The van der Waals surface area contributed by atoms with Crippen molar-refractivity contribution in [2.45, 2.75) is 25.7 Å². The molecule has 3 aromatic carbocycles. The molecule has 31 heavy (non-hydrogen) atoms. The number of amides is 2. The predicted octanol–water partition coefficient (Wildman–Crippen LogP) is 5.60. The molecule has 3 rings (SSSR count). The lowest BCUT2D eigenvalue weighted by molar-refractivity contribution is -0.113. The fourth-order valence-electron chi connectivity index (χ4n) is 3.22. The summed E-state index contributed by atoms with van der Waals surface area (Å²) in [6, 6.07) is 18.7. The minimum atomic E-state index is -0.226. The number of thioether (sulfide) groups is 1. The zero-order valence-electron chi connectivity index (χ0n) is 18.1. The van der Waals surface area contributed by atoms with Crippen molar-refractivity contribution in [2.24, 2.45) is 0 Å². The Morgan fingerprint density at radius 3 is 2.32 bits per heavy atom. The smallest absolute Gasteiger partial charge is 0.256 e. The van der Waals surface area contributed by atoms with Gasteiger partial charge in [-0.25, -0.2) is 0 Å². The molecule has 6 heteroatoms. The van der Waals surface area contributed by atoms with Gasteiger partial charge in [0.25, 0.3) is 5.91 Å². The number of carbonyl (C=O) groups excluding carboxylic acids is 2. The van der Waals surface area contributed by atoms with Crippen molar-refractivity contribution >= 4 is 35.0 Å². The summed E-state index contributed by atoms with van der Waals surface area (Å²) in [6.07, 6.45) is 0. The van der Waals surface area contributed by atoms with E-state index in [4.69, 9.17) is 4.74 Å². The Bertz CT molecular complexity index is 1090. The van der Waals surface area contributed by atoms with Crippen molar-refractivity contribution in [3.8, 4) is 5.75 Å². The summed E-state index contributed by atoms with van der Waals surface area (Å²) in [5.74, 6) is 0.614. The first kappa shape index (κ1) is 22.4. The van der Waals surface area contributed by atoms with Crippen molar-refractivity contribution in [1.29, 1.82) is 0 Å². The van der Waals surface area contributed by atoms with Crippen LogP contribution in [-0.2, 0) is 4.79 Å². The monoisotopic (exact) mass is 434 g/mol. The van der Waals surface area contributed by atoms with Crippen LogP contribution in [0.4, 0.5) is 11.4 Å². The van der Waals surface area contributed by atoms with Gasteiger partial charge in [0.05, 0.1) is 18.4 Å². The summed E-state index contributed by atoms with van der Waals surface area (Å²) < 4.78 is 5.45. The van der Waals surface area contributed by atoms with Crippen molar-refractivity contribution in [1.82, 2.24) is 0 Å². The number of hydrogen-bond donors (Lipinski definition) is 2. The zero-order valence-corrected chi connectivity index (χ0v) is 18.9. The van der Waals surface area contributed by atoms with E-state index in [2.05, 4.69) is 10.6 Å². The van der Waals surface area contributed by atoms with E-state index in [1.54, 1.807) is 13.2 Å². The summed E-state index contributed by atoms with van der Waals surface area (Å²) in [6.45, 7) is 5.88. The van der Waals surface area contributed by atoms with Crippen molar-refractivity contribution in [2.75, 3.05) is 23.5 Å². The van der Waals surface area contributed by atoms with Crippen LogP contribution in [0.3, 0.4) is 0 Å². The average Bonchev–Trinajstić information content (AvgIpc) is 2.76. The Morgan fingerprint density at radius 1 is 0.903 bits per heavy atom. The van der Waals surface area contributed by atoms with E-state index in [-0.39, 0.29) is 17.6 Å². The molecule has 0 aliphatic heterocycles. The van der Waals surface area contributed by atoms with Gasteiger partial charge in [0.15, 0.2) is 0 Å². The van der Waals surface area contributed by atoms with Crippen molar-refractivity contribution in [3.05, 3.63) is 82.9 Å². The third kappa shape index (κ3) is 5.67. The number of nitrogens with one attached hydrogen (secondary N) is 2. The van der Waals surface area contributed by atoms with Gasteiger partial charge in [-0.2, -0.15) is 0 Å². The number of aryl methyl sites for hydroxylation is 2. The van der Waals surface area contributed by atoms with E-state index in [9.17, 15) is 9.59 Å². The van der Waals surface area contributed by atoms with Crippen LogP contribution >= 0.6 is 11.8 Å². The van der Waals surface area contributed by atoms with Crippen LogP contribution in [0.5, 0.6) is 5.75 Å². The molecule has 0 aliphatic rings. The third-order valence-electron chi connectivity index (χ3n) is 4.88. The van der Waals surface area contributed by atoms with Gasteiger partial charge < -0.3 is 15.4 Å². The number of methoxy groups -OCH3 is 1. The topological polar surface area (TPSA) is 67.4 Å². The Hall–Kier alpha value is -3.25. The number of hydrogen-bond acceptors (Lipinski definition) is 4. The van der Waals surface area contributed by atoms with E-state index in [1.165, 1.54) is 11.8 Å². The molecule has 0 unspecified atom stereocenters. The quantitative estimate of drug-likeness (QED) is 0.475. The molecule has 5 nitrogen and oxygen atoms in total. The molecule has 2 N–H and O–H groups in total. The lowest BCUT2D eigenvalue weighted by Crippen LogP contribution is -2.16. The van der Waals surface area contributed by atoms with E-state index < -0.39 is 0 Å². The Kier molecular flexibility index (Phi) is 7.36. The predicted molar refractivity (Wildman–Crippen MR) is 127 cm³/mol. The SMILES string of the molecule is COc1c(C)ccc(NC(=O)c2ccccc2SCC(=O)Nc2ccc(C)cc2)c1C. The molecule has 0 fully saturated rings. The second-order valence-corrected chi connectivity index (χ2v) is 8.26. The summed E-state index contributed by atoms with van der Waals surface area (Å²) in [5.41, 5.74) is 4.99. The Morgan fingerprint density at radius 2 is 1.61 bits per heavy atom. The molecule has 0 bridgehead atoms. The highest BCUT2D eigenvalue weighted by Gasteiger charge is 2.16. The minimum Gasteiger partial charge on any atom is -0.496 e. The Balaban J connectivity index is 1.69. The van der Waals surface area contributed by atoms with Gasteiger partial charge in [0.2, 0.25) is 5.91 Å². The highest BCUT2D eigenvalue weighted by molar-refractivity contribution is 8.00. The van der Waals surface area contributed by atoms with Gasteiger partial charge >= 0.3 is 0 Å². The molecule has 160 valence electrons. The fraction of sp³-hybridized carbons (Fsp3) is 0.200. The highest BCUT2D eigenvalue weighted by atomic mass is 32.2. The highest BCUT2D eigenvalue weighted by Crippen LogP contribution is 2.30. The lowest BCUT2D eigenvalue weighted by atomic mass is 10.1. The second-order valence-electron chi connectivity index (χ2n) is 7.24. The second kappa shape index (κ2) is 10.2. The maximum absolute atomic E-state index is 13.0. The molecule has 0 saturated heterocycles. The molecule has 0 saturated carbocycles. The molecule has 0 aliphatic carbocycles. The molecule has 0 heterocycles. The summed E-state index contributed by atoms with van der Waals surface area (Å²) in [5, 5.41) is 5.85. The largest absolute Gasteiger partial charge is 0.496 e.